The van der Waals surface area contributed by atoms with E-state index >= 15 is 0 Å². The van der Waals surface area contributed by atoms with Crippen molar-refractivity contribution in [1.29, 1.82) is 0 Å². The molecule has 0 bridgehead atoms. The van der Waals surface area contributed by atoms with Gasteiger partial charge in [0, 0.05) is 6.07 Å². The Morgan fingerprint density at radius 3 is 2.52 bits per heavy atom. The van der Waals surface area contributed by atoms with Crippen LogP contribution >= 0.6 is 23.2 Å². The number of aromatic nitrogens is 2. The van der Waals surface area contributed by atoms with Crippen LogP contribution in [0.1, 0.15) is 0 Å². The second-order valence-corrected chi connectivity index (χ2v) is 4.16. The molecule has 1 aromatic carbocycles. The molecule has 2 rings (SSSR count). The predicted octanol–water partition coefficient (Wildman–Crippen LogP) is -0.624. The summed E-state index contributed by atoms with van der Waals surface area (Å²) in [6, 6.07) is 5.64. The molecule has 1 heterocycles. The maximum atomic E-state index is 10.6. The van der Waals surface area contributed by atoms with Crippen LogP contribution in [-0.4, -0.2) is 26.2 Å². The molecular weight excluding hydrogens is 380 g/mol. The molecule has 2 aromatic rings. The van der Waals surface area contributed by atoms with E-state index in [2.05, 4.69) is 9.97 Å². The minimum atomic E-state index is -2.08. The molecule has 0 saturated carbocycles. The Morgan fingerprint density at radius 1 is 1.35 bits per heavy atom. The third-order valence-electron chi connectivity index (χ3n) is 1.93. The first-order valence-electron chi connectivity index (χ1n) is 5.30. The minimum absolute atomic E-state index is 0. The third-order valence-corrected chi connectivity index (χ3v) is 2.37. The van der Waals surface area contributed by atoms with Gasteiger partial charge < -0.3 is 19.7 Å². The van der Waals surface area contributed by atoms with E-state index in [-0.39, 0.29) is 79.0 Å². The number of benzene rings is 1. The van der Waals surface area contributed by atoms with Crippen LogP contribution < -0.4 is 61.2 Å². The molecular formula is C11H6Cl2KN3O6. The number of rotatable bonds is 3. The molecule has 0 atom stereocenters. The first-order chi connectivity index (χ1) is 10.3. The largest absolute Gasteiger partial charge is 1.00 e. The van der Waals surface area contributed by atoms with Gasteiger partial charge in [0.15, 0.2) is 0 Å². The molecule has 0 aliphatic rings. The fourth-order valence-electron chi connectivity index (χ4n) is 1.17. The van der Waals surface area contributed by atoms with E-state index in [4.69, 9.17) is 42.9 Å². The van der Waals surface area contributed by atoms with Crippen molar-refractivity contribution in [2.24, 2.45) is 0 Å². The molecule has 116 valence electrons. The normalized spacial score (nSPS) is 8.96. The monoisotopic (exact) mass is 385 g/mol. The predicted molar refractivity (Wildman–Crippen MR) is 73.2 cm³/mol. The second-order valence-electron chi connectivity index (χ2n) is 3.41. The third kappa shape index (κ3) is 8.41. The van der Waals surface area contributed by atoms with Gasteiger partial charge in [0.05, 0.1) is 17.2 Å². The fourth-order valence-corrected chi connectivity index (χ4v) is 1.43. The van der Waals surface area contributed by atoms with Crippen molar-refractivity contribution in [2.45, 2.75) is 0 Å². The number of carboxylic acid groups (broad SMARTS) is 2. The average molecular weight is 386 g/mol. The van der Waals surface area contributed by atoms with E-state index in [9.17, 15) is 10.1 Å². The summed E-state index contributed by atoms with van der Waals surface area (Å²) in [5.74, 6) is 0.276. The fraction of sp³-hybridized carbons (Fsp3) is 0. The molecule has 0 radical (unpaired) electrons. The van der Waals surface area contributed by atoms with Crippen LogP contribution in [0.4, 0.5) is 10.5 Å². The number of hydrogen-bond donors (Lipinski definition) is 1. The first kappa shape index (κ1) is 22.0. The van der Waals surface area contributed by atoms with Gasteiger partial charge in [-0.25, -0.2) is 4.98 Å². The van der Waals surface area contributed by atoms with Crippen molar-refractivity contribution < 1.29 is 76.1 Å². The Labute approximate surface area is 181 Å². The molecule has 0 unspecified atom stereocenters. The van der Waals surface area contributed by atoms with Crippen molar-refractivity contribution >= 4 is 35.0 Å². The summed E-state index contributed by atoms with van der Waals surface area (Å²) < 4.78 is 5.31. The van der Waals surface area contributed by atoms with Crippen molar-refractivity contribution in [3.05, 3.63) is 50.9 Å². The molecule has 1 N–H and O–H groups in total. The van der Waals surface area contributed by atoms with Gasteiger partial charge >= 0.3 is 51.4 Å². The van der Waals surface area contributed by atoms with Crippen LogP contribution in [-0.2, 0) is 0 Å². The van der Waals surface area contributed by atoms with E-state index < -0.39 is 11.1 Å². The summed E-state index contributed by atoms with van der Waals surface area (Å²) >= 11 is 11.4. The van der Waals surface area contributed by atoms with Gasteiger partial charge in [-0.2, -0.15) is 4.98 Å². The van der Waals surface area contributed by atoms with Gasteiger partial charge in [-0.1, -0.05) is 17.7 Å². The molecule has 0 aliphatic carbocycles. The Kier molecular flexibility index (Phi) is 10.2. The topological polar surface area (TPSA) is 139 Å². The SMILES string of the molecule is O=C([O-])O.O=[N+]([O-])c1cccc(Oc2nc(Cl)ncc2Cl)c1.[K+]. The first-order valence-corrected chi connectivity index (χ1v) is 6.05. The number of hydrogen-bond acceptors (Lipinski definition) is 7. The molecule has 12 heteroatoms. The van der Waals surface area contributed by atoms with Crippen molar-refractivity contribution in [3.8, 4) is 11.6 Å². The summed E-state index contributed by atoms with van der Waals surface area (Å²) in [6.07, 6.45) is -0.802. The number of non-ortho nitro benzene ring substituents is 1. The minimum Gasteiger partial charge on any atom is -0.565 e. The number of ether oxygens (including phenoxy) is 1. The van der Waals surface area contributed by atoms with Crippen LogP contribution in [0.3, 0.4) is 0 Å². The maximum Gasteiger partial charge on any atom is 1.00 e. The Bertz CT molecular complexity index is 699. The van der Waals surface area contributed by atoms with Crippen molar-refractivity contribution in [1.82, 2.24) is 9.97 Å². The van der Waals surface area contributed by atoms with E-state index in [1.54, 1.807) is 6.07 Å². The van der Waals surface area contributed by atoms with Crippen molar-refractivity contribution in [3.63, 3.8) is 0 Å². The molecule has 0 amide bonds. The van der Waals surface area contributed by atoms with Gasteiger partial charge in [0.2, 0.25) is 17.3 Å². The van der Waals surface area contributed by atoms with E-state index in [0.29, 0.717) is 0 Å². The zero-order valence-electron chi connectivity index (χ0n) is 11.5. The van der Waals surface area contributed by atoms with Crippen LogP contribution in [0.25, 0.3) is 0 Å². The summed E-state index contributed by atoms with van der Waals surface area (Å²) in [5, 5.41) is 26.0. The zero-order valence-corrected chi connectivity index (χ0v) is 16.1. The van der Waals surface area contributed by atoms with Gasteiger partial charge in [-0.05, 0) is 17.7 Å². The summed E-state index contributed by atoms with van der Waals surface area (Å²) in [7, 11) is 0. The molecule has 0 aliphatic heterocycles. The summed E-state index contributed by atoms with van der Waals surface area (Å²) in [4.78, 5) is 26.0. The Hall–Kier alpha value is -1.01. The number of halogens is 2. The quantitative estimate of drug-likeness (QED) is 0.319. The summed E-state index contributed by atoms with van der Waals surface area (Å²) in [6.45, 7) is 0. The van der Waals surface area contributed by atoms with Gasteiger partial charge in [0.25, 0.3) is 5.69 Å². The van der Waals surface area contributed by atoms with E-state index in [1.807, 2.05) is 0 Å². The average Bonchev–Trinajstić information content (AvgIpc) is 2.42. The Balaban J connectivity index is 0.000000871. The smallest absolute Gasteiger partial charge is 0.565 e. The number of nitro groups is 1. The van der Waals surface area contributed by atoms with E-state index in [0.717, 1.165) is 0 Å². The molecule has 0 fully saturated rings. The molecule has 0 saturated heterocycles. The number of carbonyl (C=O) groups is 1. The second kappa shape index (κ2) is 10.7. The molecule has 1 aromatic heterocycles. The molecule has 9 nitrogen and oxygen atoms in total. The van der Waals surface area contributed by atoms with Crippen LogP contribution in [0.2, 0.25) is 10.3 Å². The van der Waals surface area contributed by atoms with Gasteiger partial charge in [-0.15, -0.1) is 0 Å². The maximum absolute atomic E-state index is 10.6. The van der Waals surface area contributed by atoms with Gasteiger partial charge in [-0.3, -0.25) is 10.1 Å². The van der Waals surface area contributed by atoms with Crippen LogP contribution in [0, 0.1) is 10.1 Å². The number of nitrogens with zero attached hydrogens (tertiary/aromatic N) is 3. The van der Waals surface area contributed by atoms with Crippen molar-refractivity contribution in [2.75, 3.05) is 0 Å². The zero-order chi connectivity index (χ0) is 16.7. The van der Waals surface area contributed by atoms with E-state index in [1.165, 1.54) is 24.4 Å². The summed E-state index contributed by atoms with van der Waals surface area (Å²) in [5.41, 5.74) is -0.0937. The standard InChI is InChI=1S/C10H5Cl2N3O3.CH2O3.K/c11-8-5-13-10(12)14-9(8)18-7-3-1-2-6(4-7)15(16)17;2-1(3)4;/h1-5H;(H2,2,3,4);/q;;+1/p-1. The molecule has 0 spiro atoms. The van der Waals surface area contributed by atoms with Crippen LogP contribution in [0.5, 0.6) is 11.6 Å². The van der Waals surface area contributed by atoms with Gasteiger partial charge in [0.1, 0.15) is 10.8 Å². The Morgan fingerprint density at radius 2 is 1.96 bits per heavy atom. The van der Waals surface area contributed by atoms with Crippen LogP contribution in [0.15, 0.2) is 30.5 Å². The number of nitro benzene ring substituents is 1. The molecule has 23 heavy (non-hydrogen) atoms.